The molecule has 2 N–H and O–H groups in total. The first-order valence-electron chi connectivity index (χ1n) is 6.92. The lowest BCUT2D eigenvalue weighted by Gasteiger charge is -2.30. The van der Waals surface area contributed by atoms with E-state index in [1.165, 1.54) is 10.6 Å². The molecule has 0 spiro atoms. The second kappa shape index (κ2) is 6.83. The summed E-state index contributed by atoms with van der Waals surface area (Å²) >= 11 is 0. The van der Waals surface area contributed by atoms with Crippen LogP contribution in [-0.4, -0.2) is 53.4 Å². The van der Waals surface area contributed by atoms with Gasteiger partial charge in [-0.05, 0) is 20.0 Å². The van der Waals surface area contributed by atoms with Crippen LogP contribution in [-0.2, 0) is 17.8 Å². The highest BCUT2D eigenvalue weighted by atomic mass is 16.5. The molecule has 1 aromatic heterocycles. The summed E-state index contributed by atoms with van der Waals surface area (Å²) in [5, 5.41) is 0. The van der Waals surface area contributed by atoms with Gasteiger partial charge in [0.25, 0.3) is 5.56 Å². The molecule has 1 saturated heterocycles. The first kappa shape index (κ1) is 15.0. The van der Waals surface area contributed by atoms with E-state index in [4.69, 9.17) is 10.5 Å². The number of nitrogens with zero attached hydrogens (tertiary/aromatic N) is 3. The smallest absolute Gasteiger partial charge is 0.331 e. The molecule has 0 bridgehead atoms. The van der Waals surface area contributed by atoms with E-state index in [1.807, 2.05) is 7.05 Å². The van der Waals surface area contributed by atoms with Crippen molar-refractivity contribution in [2.45, 2.75) is 25.6 Å². The van der Waals surface area contributed by atoms with Gasteiger partial charge in [-0.15, -0.1) is 0 Å². The molecule has 2 heterocycles. The molecule has 2 rings (SSSR count). The van der Waals surface area contributed by atoms with Crippen LogP contribution in [0.25, 0.3) is 0 Å². The Morgan fingerprint density at radius 2 is 2.25 bits per heavy atom. The Labute approximate surface area is 117 Å². The summed E-state index contributed by atoms with van der Waals surface area (Å²) in [5.41, 5.74) is 4.86. The zero-order valence-corrected chi connectivity index (χ0v) is 11.8. The van der Waals surface area contributed by atoms with E-state index in [9.17, 15) is 9.59 Å². The Morgan fingerprint density at radius 1 is 1.45 bits per heavy atom. The second-order valence-corrected chi connectivity index (χ2v) is 5.14. The van der Waals surface area contributed by atoms with Crippen LogP contribution in [0.3, 0.4) is 0 Å². The quantitative estimate of drug-likeness (QED) is 0.725. The van der Waals surface area contributed by atoms with Crippen LogP contribution in [0.4, 0.5) is 0 Å². The van der Waals surface area contributed by atoms with Gasteiger partial charge in [-0.25, -0.2) is 4.79 Å². The zero-order valence-electron chi connectivity index (χ0n) is 11.8. The Bertz CT molecular complexity index is 551. The summed E-state index contributed by atoms with van der Waals surface area (Å²) in [7, 11) is 2.03. The first-order valence-corrected chi connectivity index (χ1v) is 6.92. The third-order valence-corrected chi connectivity index (χ3v) is 3.47. The highest BCUT2D eigenvalue weighted by Crippen LogP contribution is 2.04. The molecule has 0 aliphatic carbocycles. The monoisotopic (exact) mass is 282 g/mol. The number of nitrogens with two attached hydrogens (primary N) is 1. The molecule has 1 unspecified atom stereocenters. The summed E-state index contributed by atoms with van der Waals surface area (Å²) in [6.45, 7) is 3.64. The largest absolute Gasteiger partial charge is 0.374 e. The zero-order chi connectivity index (χ0) is 14.5. The minimum absolute atomic E-state index is 0.0214. The lowest BCUT2D eigenvalue weighted by atomic mass is 10.3. The molecule has 0 aromatic carbocycles. The van der Waals surface area contributed by atoms with Crippen molar-refractivity contribution in [1.82, 2.24) is 14.0 Å². The fourth-order valence-corrected chi connectivity index (χ4v) is 2.35. The fourth-order valence-electron chi connectivity index (χ4n) is 2.35. The number of likely N-dealkylation sites (N-methyl/N-ethyl adjacent to an activating group) is 1. The van der Waals surface area contributed by atoms with Crippen molar-refractivity contribution >= 4 is 0 Å². The fraction of sp³-hybridized carbons (Fsp3) is 0.692. The Hall–Kier alpha value is -1.44. The predicted octanol–water partition coefficient (Wildman–Crippen LogP) is -1.31. The van der Waals surface area contributed by atoms with Gasteiger partial charge in [0.2, 0.25) is 0 Å². The number of hydrogen-bond acceptors (Lipinski definition) is 5. The van der Waals surface area contributed by atoms with Crippen LogP contribution >= 0.6 is 0 Å². The lowest BCUT2D eigenvalue weighted by molar-refractivity contribution is -0.0282. The van der Waals surface area contributed by atoms with E-state index in [1.54, 1.807) is 10.8 Å². The van der Waals surface area contributed by atoms with E-state index in [2.05, 4.69) is 4.90 Å². The third kappa shape index (κ3) is 3.56. The maximum atomic E-state index is 12.3. The van der Waals surface area contributed by atoms with E-state index in [-0.39, 0.29) is 17.4 Å². The lowest BCUT2D eigenvalue weighted by Crippen LogP contribution is -2.46. The molecule has 1 aliphatic rings. The predicted molar refractivity (Wildman–Crippen MR) is 75.9 cm³/mol. The second-order valence-electron chi connectivity index (χ2n) is 5.14. The number of aromatic nitrogens is 2. The van der Waals surface area contributed by atoms with E-state index in [0.29, 0.717) is 32.7 Å². The van der Waals surface area contributed by atoms with Crippen LogP contribution in [0.5, 0.6) is 0 Å². The Kier molecular flexibility index (Phi) is 5.11. The number of morpholine rings is 1. The van der Waals surface area contributed by atoms with Crippen LogP contribution in [0.15, 0.2) is 21.9 Å². The van der Waals surface area contributed by atoms with Gasteiger partial charge in [-0.3, -0.25) is 13.9 Å². The van der Waals surface area contributed by atoms with E-state index < -0.39 is 0 Å². The number of hydrogen-bond donors (Lipinski definition) is 1. The van der Waals surface area contributed by atoms with Crippen molar-refractivity contribution in [3.8, 4) is 0 Å². The molecule has 7 heteroatoms. The maximum Gasteiger partial charge on any atom is 0.331 e. The van der Waals surface area contributed by atoms with Gasteiger partial charge < -0.3 is 15.4 Å². The van der Waals surface area contributed by atoms with E-state index in [0.717, 1.165) is 13.1 Å². The van der Waals surface area contributed by atoms with Gasteiger partial charge in [-0.2, -0.15) is 0 Å². The molecular formula is C13H22N4O3. The molecule has 1 atom stereocenters. The molecule has 1 aromatic rings. The highest BCUT2D eigenvalue weighted by Gasteiger charge is 2.19. The summed E-state index contributed by atoms with van der Waals surface area (Å²) in [5.74, 6) is 0. The molecular weight excluding hydrogens is 260 g/mol. The summed E-state index contributed by atoms with van der Waals surface area (Å²) in [6, 6.07) is 1.42. The number of ether oxygens (including phenoxy) is 1. The van der Waals surface area contributed by atoms with Gasteiger partial charge in [0.1, 0.15) is 0 Å². The molecule has 0 radical (unpaired) electrons. The van der Waals surface area contributed by atoms with Crippen molar-refractivity contribution in [3.63, 3.8) is 0 Å². The average molecular weight is 282 g/mol. The Balaban J connectivity index is 2.15. The minimum Gasteiger partial charge on any atom is -0.374 e. The minimum atomic E-state index is -0.289. The molecule has 7 nitrogen and oxygen atoms in total. The maximum absolute atomic E-state index is 12.3. The summed E-state index contributed by atoms with van der Waals surface area (Å²) < 4.78 is 8.43. The van der Waals surface area contributed by atoms with Crippen molar-refractivity contribution in [1.29, 1.82) is 0 Å². The van der Waals surface area contributed by atoms with Crippen molar-refractivity contribution in [2.75, 3.05) is 33.3 Å². The highest BCUT2D eigenvalue weighted by molar-refractivity contribution is 4.87. The van der Waals surface area contributed by atoms with Gasteiger partial charge >= 0.3 is 5.69 Å². The molecule has 20 heavy (non-hydrogen) atoms. The summed E-state index contributed by atoms with van der Waals surface area (Å²) in [6.07, 6.45) is 2.13. The molecule has 0 saturated carbocycles. The van der Waals surface area contributed by atoms with Crippen LogP contribution < -0.4 is 17.0 Å². The van der Waals surface area contributed by atoms with Crippen LogP contribution in [0.1, 0.15) is 6.42 Å². The average Bonchev–Trinajstić information content (AvgIpc) is 2.42. The van der Waals surface area contributed by atoms with Gasteiger partial charge in [0, 0.05) is 31.9 Å². The van der Waals surface area contributed by atoms with Crippen molar-refractivity contribution < 1.29 is 4.74 Å². The Morgan fingerprint density at radius 3 is 2.95 bits per heavy atom. The van der Waals surface area contributed by atoms with Gasteiger partial charge in [0.05, 0.1) is 19.3 Å². The molecule has 112 valence electrons. The van der Waals surface area contributed by atoms with E-state index >= 15 is 0 Å². The standard InChI is InChI=1S/C13H22N4O3/c1-15-7-8-20-11(9-15)10-16-6-3-12(18)17(13(16)19)5-2-4-14/h3,6,11H,2,4-5,7-10,14H2,1H3. The first-order chi connectivity index (χ1) is 9.61. The molecule has 0 amide bonds. The normalized spacial score (nSPS) is 20.2. The van der Waals surface area contributed by atoms with Gasteiger partial charge in [-0.1, -0.05) is 0 Å². The van der Waals surface area contributed by atoms with Gasteiger partial charge in [0.15, 0.2) is 0 Å². The number of rotatable bonds is 5. The van der Waals surface area contributed by atoms with Crippen molar-refractivity contribution in [3.05, 3.63) is 33.1 Å². The SMILES string of the molecule is CN1CCOC(Cn2ccc(=O)n(CCCN)c2=O)C1. The third-order valence-electron chi connectivity index (χ3n) is 3.47. The molecule has 1 fully saturated rings. The molecule has 1 aliphatic heterocycles. The topological polar surface area (TPSA) is 82.5 Å². The van der Waals surface area contributed by atoms with Crippen LogP contribution in [0, 0.1) is 0 Å². The summed E-state index contributed by atoms with van der Waals surface area (Å²) in [4.78, 5) is 26.1. The van der Waals surface area contributed by atoms with Crippen molar-refractivity contribution in [2.24, 2.45) is 5.73 Å². The van der Waals surface area contributed by atoms with Crippen LogP contribution in [0.2, 0.25) is 0 Å².